The van der Waals surface area contributed by atoms with E-state index in [0.29, 0.717) is 31.6 Å². The van der Waals surface area contributed by atoms with E-state index in [-0.39, 0.29) is 25.7 Å². The van der Waals surface area contributed by atoms with Gasteiger partial charge in [-0.3, -0.25) is 37.3 Å². The summed E-state index contributed by atoms with van der Waals surface area (Å²) < 4.78 is 68.6. The van der Waals surface area contributed by atoms with Gasteiger partial charge in [0.25, 0.3) is 0 Å². The third kappa shape index (κ3) is 72.2. The first-order chi connectivity index (χ1) is 46.7. The first-order valence-electron chi connectivity index (χ1n) is 40.3. The Kier molecular flexibility index (Phi) is 67.1. The lowest BCUT2D eigenvalue weighted by atomic mass is 10.0. The molecule has 2 unspecified atom stereocenters. The maximum absolute atomic E-state index is 13.1. The number of aliphatic hydroxyl groups is 1. The van der Waals surface area contributed by atoms with Crippen molar-refractivity contribution in [1.82, 2.24) is 0 Å². The van der Waals surface area contributed by atoms with Gasteiger partial charge in [-0.15, -0.1) is 0 Å². The molecule has 0 amide bonds. The normalized spacial score (nSPS) is 14.0. The van der Waals surface area contributed by atoms with Gasteiger partial charge in [0.05, 0.1) is 26.4 Å². The fraction of sp³-hybridized carbons (Fsp3) is 0.949. The SMILES string of the molecule is CCCCCCCCCCCCCCCCCCCCC(=O)O[C@H](COC(=O)CCCCCCCCCCCCCCCC(C)C)COP(=O)(O)OC[C@@H](O)COP(=O)(O)OC[C@@H](COC(=O)CCCCCCCCC(C)C)OC(=O)CCCCCCCCCCCCCC(C)C. The summed E-state index contributed by atoms with van der Waals surface area (Å²) in [7, 11) is -9.92. The second kappa shape index (κ2) is 68.5. The average Bonchev–Trinajstić information content (AvgIpc) is 1.14. The topological polar surface area (TPSA) is 237 Å². The molecule has 0 heterocycles. The van der Waals surface area contributed by atoms with Gasteiger partial charge in [0.15, 0.2) is 12.2 Å². The Balaban J connectivity index is 5.23. The number of hydrogen-bond donors (Lipinski definition) is 3. The standard InChI is InChI=1S/C78H152O17P2/c1-8-9-10-11-12-13-14-15-16-17-18-19-22-28-33-38-47-54-61-77(82)94-73(65-88-75(80)59-52-45-37-32-27-23-20-21-25-30-35-42-49-56-69(2)3)67-92-96(84,85)90-63-72(79)64-91-97(86,87)93-68-74(66-89-76(81)60-53-46-41-40-44-51-58-71(6)7)95-78(83)62-55-48-39-34-29-24-26-31-36-43-50-57-70(4)5/h69-74,79H,8-68H2,1-7H3,(H,84,85)(H,86,87)/t72-,73-,74-/m1/s1. The number of hydrogen-bond acceptors (Lipinski definition) is 15. The monoisotopic (exact) mass is 1420 g/mol. The Morgan fingerprint density at radius 2 is 0.474 bits per heavy atom. The molecule has 0 aliphatic carbocycles. The van der Waals surface area contributed by atoms with Gasteiger partial charge in [0, 0.05) is 25.7 Å². The van der Waals surface area contributed by atoms with Crippen LogP contribution in [-0.2, 0) is 65.4 Å². The Morgan fingerprint density at radius 3 is 0.701 bits per heavy atom. The predicted octanol–water partition coefficient (Wildman–Crippen LogP) is 23.0. The number of unbranched alkanes of at least 4 members (excludes halogenated alkanes) is 44. The minimum absolute atomic E-state index is 0.105. The van der Waals surface area contributed by atoms with Crippen molar-refractivity contribution in [1.29, 1.82) is 0 Å². The predicted molar refractivity (Wildman–Crippen MR) is 395 cm³/mol. The minimum Gasteiger partial charge on any atom is -0.462 e. The molecular formula is C78H152O17P2. The molecule has 0 aromatic carbocycles. The van der Waals surface area contributed by atoms with Crippen LogP contribution in [-0.4, -0.2) is 96.7 Å². The van der Waals surface area contributed by atoms with Crippen molar-refractivity contribution in [3.05, 3.63) is 0 Å². The van der Waals surface area contributed by atoms with E-state index in [1.807, 2.05) is 0 Å². The molecule has 97 heavy (non-hydrogen) atoms. The molecule has 0 spiro atoms. The van der Waals surface area contributed by atoms with Gasteiger partial charge in [0.2, 0.25) is 0 Å². The fourth-order valence-corrected chi connectivity index (χ4v) is 13.5. The zero-order chi connectivity index (χ0) is 71.6. The average molecular weight is 1420 g/mol. The molecule has 0 radical (unpaired) electrons. The molecule has 5 atom stereocenters. The molecule has 0 aromatic heterocycles. The fourth-order valence-electron chi connectivity index (χ4n) is 12.0. The van der Waals surface area contributed by atoms with E-state index in [1.54, 1.807) is 0 Å². The number of phosphoric ester groups is 2. The number of ether oxygens (including phenoxy) is 4. The van der Waals surface area contributed by atoms with Crippen LogP contribution < -0.4 is 0 Å². The molecule has 19 heteroatoms. The van der Waals surface area contributed by atoms with Gasteiger partial charge >= 0.3 is 39.5 Å². The molecule has 17 nitrogen and oxygen atoms in total. The van der Waals surface area contributed by atoms with Crippen molar-refractivity contribution in [2.75, 3.05) is 39.6 Å². The molecule has 0 saturated carbocycles. The molecule has 0 fully saturated rings. The van der Waals surface area contributed by atoms with E-state index in [4.69, 9.17) is 37.0 Å². The number of carbonyl (C=O) groups is 4. The van der Waals surface area contributed by atoms with Gasteiger partial charge in [-0.2, -0.15) is 0 Å². The molecule has 0 aliphatic rings. The second-order valence-electron chi connectivity index (χ2n) is 29.5. The van der Waals surface area contributed by atoms with E-state index < -0.39 is 97.5 Å². The van der Waals surface area contributed by atoms with Crippen LogP contribution in [0.1, 0.15) is 402 Å². The van der Waals surface area contributed by atoms with E-state index in [9.17, 15) is 43.2 Å². The Hall–Kier alpha value is -1.94. The summed E-state index contributed by atoms with van der Waals surface area (Å²) in [6, 6.07) is 0. The smallest absolute Gasteiger partial charge is 0.462 e. The zero-order valence-electron chi connectivity index (χ0n) is 63.5. The maximum atomic E-state index is 13.1. The lowest BCUT2D eigenvalue weighted by Gasteiger charge is -2.21. The van der Waals surface area contributed by atoms with Crippen molar-refractivity contribution in [3.63, 3.8) is 0 Å². The summed E-state index contributed by atoms with van der Waals surface area (Å²) >= 11 is 0. The van der Waals surface area contributed by atoms with Crippen LogP contribution in [0.4, 0.5) is 0 Å². The van der Waals surface area contributed by atoms with Crippen LogP contribution in [0.3, 0.4) is 0 Å². The molecular weight excluding hydrogens is 1270 g/mol. The maximum Gasteiger partial charge on any atom is 0.472 e. The van der Waals surface area contributed by atoms with Crippen LogP contribution in [0, 0.1) is 17.8 Å². The van der Waals surface area contributed by atoms with Crippen molar-refractivity contribution < 1.29 is 80.2 Å². The highest BCUT2D eigenvalue weighted by Crippen LogP contribution is 2.45. The van der Waals surface area contributed by atoms with Gasteiger partial charge in [0.1, 0.15) is 19.3 Å². The van der Waals surface area contributed by atoms with Gasteiger partial charge < -0.3 is 33.8 Å². The molecule has 0 saturated heterocycles. The summed E-state index contributed by atoms with van der Waals surface area (Å²) in [5.41, 5.74) is 0. The largest absolute Gasteiger partial charge is 0.472 e. The van der Waals surface area contributed by atoms with E-state index in [0.717, 1.165) is 108 Å². The summed E-state index contributed by atoms with van der Waals surface area (Å²) in [5.74, 6) is 0.119. The first kappa shape index (κ1) is 95.1. The highest BCUT2D eigenvalue weighted by Gasteiger charge is 2.30. The van der Waals surface area contributed by atoms with Crippen molar-refractivity contribution in [3.8, 4) is 0 Å². The van der Waals surface area contributed by atoms with E-state index in [1.165, 1.54) is 205 Å². The Bertz CT molecular complexity index is 1890. The summed E-state index contributed by atoms with van der Waals surface area (Å²) in [5, 5.41) is 10.6. The molecule has 576 valence electrons. The Labute approximate surface area is 594 Å². The van der Waals surface area contributed by atoms with Crippen LogP contribution >= 0.6 is 15.6 Å². The van der Waals surface area contributed by atoms with Crippen LogP contribution in [0.15, 0.2) is 0 Å². The van der Waals surface area contributed by atoms with Crippen molar-refractivity contribution in [2.45, 2.75) is 420 Å². The number of aliphatic hydroxyl groups excluding tert-OH is 1. The van der Waals surface area contributed by atoms with Crippen molar-refractivity contribution in [2.24, 2.45) is 17.8 Å². The molecule has 0 bridgehead atoms. The van der Waals surface area contributed by atoms with E-state index >= 15 is 0 Å². The highest BCUT2D eigenvalue weighted by atomic mass is 31.2. The first-order valence-corrected chi connectivity index (χ1v) is 43.3. The van der Waals surface area contributed by atoms with Gasteiger partial charge in [-0.25, -0.2) is 9.13 Å². The van der Waals surface area contributed by atoms with Crippen molar-refractivity contribution >= 4 is 39.5 Å². The van der Waals surface area contributed by atoms with Crippen LogP contribution in [0.5, 0.6) is 0 Å². The molecule has 0 rings (SSSR count). The van der Waals surface area contributed by atoms with E-state index in [2.05, 4.69) is 48.5 Å². The third-order valence-corrected chi connectivity index (χ3v) is 20.0. The van der Waals surface area contributed by atoms with Crippen LogP contribution in [0.25, 0.3) is 0 Å². The molecule has 0 aliphatic heterocycles. The minimum atomic E-state index is -4.96. The summed E-state index contributed by atoms with van der Waals surface area (Å²) in [6.07, 6.45) is 55.6. The Morgan fingerprint density at radius 1 is 0.278 bits per heavy atom. The summed E-state index contributed by atoms with van der Waals surface area (Å²) in [6.45, 7) is 11.9. The zero-order valence-corrected chi connectivity index (χ0v) is 65.3. The quantitative estimate of drug-likeness (QED) is 0.0222. The molecule has 3 N–H and O–H groups in total. The highest BCUT2D eigenvalue weighted by molar-refractivity contribution is 7.47. The van der Waals surface area contributed by atoms with Gasteiger partial charge in [-0.05, 0) is 43.4 Å². The van der Waals surface area contributed by atoms with Crippen LogP contribution in [0.2, 0.25) is 0 Å². The number of carbonyl (C=O) groups excluding carboxylic acids is 4. The second-order valence-corrected chi connectivity index (χ2v) is 32.4. The van der Waals surface area contributed by atoms with Gasteiger partial charge in [-0.1, -0.05) is 350 Å². The number of esters is 4. The third-order valence-electron chi connectivity index (χ3n) is 18.1. The number of phosphoric acid groups is 2. The lowest BCUT2D eigenvalue weighted by Crippen LogP contribution is -2.30. The summed E-state index contributed by atoms with van der Waals surface area (Å²) in [4.78, 5) is 72.9. The number of rotatable bonds is 76. The lowest BCUT2D eigenvalue weighted by molar-refractivity contribution is -0.161. The molecule has 0 aromatic rings.